The van der Waals surface area contributed by atoms with Crippen molar-refractivity contribution in [3.63, 3.8) is 0 Å². The molecule has 1 aromatic heterocycles. The van der Waals surface area contributed by atoms with Crippen LogP contribution >= 0.6 is 11.3 Å². The van der Waals surface area contributed by atoms with Crippen LogP contribution in [0.2, 0.25) is 0 Å². The molecule has 0 bridgehead atoms. The number of anilines is 1. The highest BCUT2D eigenvalue weighted by atomic mass is 32.1. The Balaban J connectivity index is 0.000000617. The summed E-state index contributed by atoms with van der Waals surface area (Å²) in [6.07, 6.45) is -5.08. The molecule has 0 saturated heterocycles. The van der Waals surface area contributed by atoms with E-state index in [0.717, 1.165) is 16.9 Å². The molecule has 0 aliphatic rings. The zero-order valence-corrected chi connectivity index (χ0v) is 24.4. The topological polar surface area (TPSA) is 151 Å². The number of nitrogens with one attached hydrogen (secondary N) is 2. The van der Waals surface area contributed by atoms with E-state index in [9.17, 15) is 31.9 Å². The number of nitrogens with zero attached hydrogens (tertiary/aromatic N) is 1. The maximum absolute atomic E-state index is 14.0. The Labute approximate surface area is 262 Å². The molecule has 0 spiro atoms. The number of aliphatic carboxylic acids is 1. The SMILES string of the molecule is NCc1ccc(C(NC(=O)c2ccccc2)C(=O)c2nc3ccc(NC(=O)c4ccccc4F)cc3s2)cc1.O=C(O)C(F)(F)F. The number of Topliss-reactive ketones (excluding diaryl/α,β-unsaturated/α-hetero) is 1. The molecule has 2 amide bonds. The lowest BCUT2D eigenvalue weighted by Crippen LogP contribution is -2.34. The minimum Gasteiger partial charge on any atom is -0.475 e. The van der Waals surface area contributed by atoms with Crippen LogP contribution in [-0.2, 0) is 11.3 Å². The summed E-state index contributed by atoms with van der Waals surface area (Å²) < 4.78 is 46.4. The molecule has 0 aliphatic heterocycles. The maximum Gasteiger partial charge on any atom is 0.490 e. The van der Waals surface area contributed by atoms with E-state index in [2.05, 4.69) is 15.6 Å². The van der Waals surface area contributed by atoms with Gasteiger partial charge in [-0.2, -0.15) is 13.2 Å². The molecule has 0 fully saturated rings. The largest absolute Gasteiger partial charge is 0.490 e. The van der Waals surface area contributed by atoms with Crippen LogP contribution in [0.3, 0.4) is 0 Å². The number of carboxylic acids is 1. The maximum atomic E-state index is 14.0. The summed E-state index contributed by atoms with van der Waals surface area (Å²) in [5.41, 5.74) is 8.55. The third kappa shape index (κ3) is 8.37. The minimum atomic E-state index is -5.08. The average molecular weight is 653 g/mol. The number of thiazole rings is 1. The van der Waals surface area contributed by atoms with E-state index in [1.165, 1.54) is 18.2 Å². The van der Waals surface area contributed by atoms with Gasteiger partial charge in [-0.15, -0.1) is 11.3 Å². The van der Waals surface area contributed by atoms with Gasteiger partial charge >= 0.3 is 12.1 Å². The second kappa shape index (κ2) is 14.5. The van der Waals surface area contributed by atoms with E-state index in [0.29, 0.717) is 33.6 Å². The predicted molar refractivity (Wildman–Crippen MR) is 163 cm³/mol. The summed E-state index contributed by atoms with van der Waals surface area (Å²) >= 11 is 1.14. The Bertz CT molecular complexity index is 1880. The second-order valence-electron chi connectivity index (χ2n) is 9.52. The van der Waals surface area contributed by atoms with E-state index in [4.69, 9.17) is 15.6 Å². The van der Waals surface area contributed by atoms with Gasteiger partial charge in [0.05, 0.1) is 15.8 Å². The number of rotatable bonds is 8. The second-order valence-corrected chi connectivity index (χ2v) is 10.6. The van der Waals surface area contributed by atoms with Crippen LogP contribution in [0.1, 0.15) is 47.7 Å². The Kier molecular flexibility index (Phi) is 10.6. The van der Waals surface area contributed by atoms with Crippen LogP contribution < -0.4 is 16.4 Å². The van der Waals surface area contributed by atoms with Crippen molar-refractivity contribution in [2.75, 3.05) is 5.32 Å². The van der Waals surface area contributed by atoms with Gasteiger partial charge in [-0.3, -0.25) is 14.4 Å². The normalized spacial score (nSPS) is 11.6. The van der Waals surface area contributed by atoms with Gasteiger partial charge in [-0.25, -0.2) is 14.2 Å². The van der Waals surface area contributed by atoms with Gasteiger partial charge in [-0.05, 0) is 53.6 Å². The fourth-order valence-electron chi connectivity index (χ4n) is 4.03. The summed E-state index contributed by atoms with van der Waals surface area (Å²) in [7, 11) is 0. The van der Waals surface area contributed by atoms with Crippen LogP contribution in [-0.4, -0.2) is 39.8 Å². The third-order valence-electron chi connectivity index (χ3n) is 6.34. The third-order valence-corrected chi connectivity index (χ3v) is 7.37. The van der Waals surface area contributed by atoms with E-state index in [1.807, 2.05) is 12.1 Å². The molecule has 0 radical (unpaired) electrons. The molecule has 1 heterocycles. The number of fused-ring (bicyclic) bond motifs is 1. The number of aromatic nitrogens is 1. The Morgan fingerprint density at radius 2 is 1.50 bits per heavy atom. The number of amides is 2. The van der Waals surface area contributed by atoms with Gasteiger partial charge in [0.15, 0.2) is 5.01 Å². The Morgan fingerprint density at radius 1 is 0.870 bits per heavy atom. The average Bonchev–Trinajstić information content (AvgIpc) is 3.47. The first-order chi connectivity index (χ1) is 21.9. The fraction of sp³-hybridized carbons (Fsp3) is 0.0938. The summed E-state index contributed by atoms with van der Waals surface area (Å²) in [4.78, 5) is 52.6. The molecule has 1 atom stereocenters. The van der Waals surface area contributed by atoms with Gasteiger partial charge in [0.1, 0.15) is 11.9 Å². The predicted octanol–water partition coefficient (Wildman–Crippen LogP) is 6.13. The van der Waals surface area contributed by atoms with Crippen LogP contribution in [0.25, 0.3) is 10.2 Å². The first kappa shape index (κ1) is 33.4. The van der Waals surface area contributed by atoms with Crippen molar-refractivity contribution in [3.8, 4) is 0 Å². The first-order valence-corrected chi connectivity index (χ1v) is 14.1. The van der Waals surface area contributed by atoms with Crippen molar-refractivity contribution in [1.82, 2.24) is 10.3 Å². The van der Waals surface area contributed by atoms with Gasteiger partial charge in [-0.1, -0.05) is 54.6 Å². The zero-order valence-electron chi connectivity index (χ0n) is 23.5. The van der Waals surface area contributed by atoms with Gasteiger partial charge < -0.3 is 21.5 Å². The highest BCUT2D eigenvalue weighted by molar-refractivity contribution is 7.20. The molecule has 1 unspecified atom stereocenters. The molecule has 0 saturated carbocycles. The van der Waals surface area contributed by atoms with Crippen molar-refractivity contribution < 1.29 is 41.8 Å². The molecule has 46 heavy (non-hydrogen) atoms. The van der Waals surface area contributed by atoms with Gasteiger partial charge in [0.25, 0.3) is 11.8 Å². The van der Waals surface area contributed by atoms with Crippen LogP contribution in [0.5, 0.6) is 0 Å². The van der Waals surface area contributed by atoms with Crippen LogP contribution in [0, 0.1) is 5.82 Å². The summed E-state index contributed by atoms with van der Waals surface area (Å²) in [5.74, 6) is -4.73. The molecule has 14 heteroatoms. The number of halogens is 4. The zero-order chi connectivity index (χ0) is 33.4. The molecule has 0 aliphatic carbocycles. The smallest absolute Gasteiger partial charge is 0.475 e. The van der Waals surface area contributed by atoms with Gasteiger partial charge in [0.2, 0.25) is 5.78 Å². The number of alkyl halides is 3. The molecule has 9 nitrogen and oxygen atoms in total. The Hall–Kier alpha value is -5.47. The number of ketones is 1. The Morgan fingerprint density at radius 3 is 2.11 bits per heavy atom. The van der Waals surface area contributed by atoms with Gasteiger partial charge in [0, 0.05) is 17.8 Å². The molecule has 5 N–H and O–H groups in total. The highest BCUT2D eigenvalue weighted by Crippen LogP contribution is 2.29. The summed E-state index contributed by atoms with van der Waals surface area (Å²) in [5, 5.41) is 12.8. The van der Waals surface area contributed by atoms with Crippen LogP contribution in [0.4, 0.5) is 23.2 Å². The highest BCUT2D eigenvalue weighted by Gasteiger charge is 2.38. The van der Waals surface area contributed by atoms with Crippen molar-refractivity contribution in [1.29, 1.82) is 0 Å². The summed E-state index contributed by atoms with van der Waals surface area (Å²) in [6, 6.07) is 25.5. The lowest BCUT2D eigenvalue weighted by atomic mass is 10.0. The minimum absolute atomic E-state index is 0.0737. The van der Waals surface area contributed by atoms with Crippen LogP contribution in [0.15, 0.2) is 97.1 Å². The van der Waals surface area contributed by atoms with Crippen molar-refractivity contribution >= 4 is 50.8 Å². The molecular weight excluding hydrogens is 628 g/mol. The molecular formula is C32H24F4N4O5S. The molecule has 4 aromatic carbocycles. The fourth-order valence-corrected chi connectivity index (χ4v) is 5.00. The molecule has 5 rings (SSSR count). The van der Waals surface area contributed by atoms with Crippen molar-refractivity contribution in [3.05, 3.63) is 130 Å². The number of benzene rings is 4. The van der Waals surface area contributed by atoms with E-state index in [1.54, 1.807) is 66.7 Å². The lowest BCUT2D eigenvalue weighted by Gasteiger charge is -2.17. The number of nitrogens with two attached hydrogens (primary N) is 1. The van der Waals surface area contributed by atoms with E-state index >= 15 is 0 Å². The number of carbonyl (C=O) groups is 4. The van der Waals surface area contributed by atoms with Crippen molar-refractivity contribution in [2.24, 2.45) is 5.73 Å². The van der Waals surface area contributed by atoms with E-state index in [-0.39, 0.29) is 16.4 Å². The standard InChI is InChI=1S/C30H23FN4O3S.C2HF3O2/c31-23-9-5-4-8-22(23)29(38)33-21-14-15-24-25(16-21)39-30(34-24)27(36)26(19-12-10-18(17-32)11-13-19)35-28(37)20-6-2-1-3-7-20;3-2(4,5)1(6)7/h1-16,26H,17,32H2,(H,33,38)(H,35,37);(H,6,7). The molecule has 5 aromatic rings. The quantitative estimate of drug-likeness (QED) is 0.116. The number of carboxylic acid groups (broad SMARTS) is 1. The van der Waals surface area contributed by atoms with E-state index < -0.39 is 35.8 Å². The number of hydrogen-bond acceptors (Lipinski definition) is 7. The first-order valence-electron chi connectivity index (χ1n) is 13.3. The number of carbonyl (C=O) groups excluding carboxylic acids is 3. The molecule has 236 valence electrons. The summed E-state index contributed by atoms with van der Waals surface area (Å²) in [6.45, 7) is 0.350. The van der Waals surface area contributed by atoms with Crippen molar-refractivity contribution in [2.45, 2.75) is 18.8 Å². The monoisotopic (exact) mass is 652 g/mol. The lowest BCUT2D eigenvalue weighted by molar-refractivity contribution is -0.192. The number of hydrogen-bond donors (Lipinski definition) is 4.